The first-order chi connectivity index (χ1) is 17.0. The Kier molecular flexibility index (Phi) is 7.97. The van der Waals surface area contributed by atoms with Crippen molar-refractivity contribution in [2.45, 2.75) is 45.6 Å². The molecule has 0 unspecified atom stereocenters. The maximum Gasteiger partial charge on any atom is 0.259 e. The van der Waals surface area contributed by atoms with Gasteiger partial charge in [0, 0.05) is 24.2 Å². The van der Waals surface area contributed by atoms with Gasteiger partial charge in [0.25, 0.3) is 5.91 Å². The van der Waals surface area contributed by atoms with E-state index in [9.17, 15) is 14.4 Å². The van der Waals surface area contributed by atoms with Crippen LogP contribution in [0.2, 0.25) is 0 Å². The number of hydrogen-bond acceptors (Lipinski definition) is 6. The van der Waals surface area contributed by atoms with Gasteiger partial charge in [-0.1, -0.05) is 49.4 Å². The second-order valence-corrected chi connectivity index (χ2v) is 9.44. The van der Waals surface area contributed by atoms with E-state index >= 15 is 0 Å². The monoisotopic (exact) mass is 491 g/mol. The summed E-state index contributed by atoms with van der Waals surface area (Å²) in [6.07, 6.45) is 2.48. The number of unbranched alkanes of at least 4 members (excludes halogenated alkanes) is 1. The number of benzene rings is 2. The van der Waals surface area contributed by atoms with Crippen molar-refractivity contribution in [1.29, 1.82) is 0 Å². The molecular weight excluding hydrogens is 462 g/mol. The smallest absolute Gasteiger partial charge is 0.259 e. The largest absolute Gasteiger partial charge is 0.356 e. The summed E-state index contributed by atoms with van der Waals surface area (Å²) >= 11 is 1.20. The van der Waals surface area contributed by atoms with Crippen LogP contribution >= 0.6 is 11.8 Å². The molecule has 2 N–H and O–H groups in total. The van der Waals surface area contributed by atoms with Gasteiger partial charge in [0.2, 0.25) is 11.8 Å². The Morgan fingerprint density at radius 2 is 1.94 bits per heavy atom. The Morgan fingerprint density at radius 3 is 2.74 bits per heavy atom. The molecule has 4 rings (SSSR count). The van der Waals surface area contributed by atoms with Crippen molar-refractivity contribution < 1.29 is 14.4 Å². The number of anilines is 1. The van der Waals surface area contributed by atoms with Crippen LogP contribution in [0.3, 0.4) is 0 Å². The van der Waals surface area contributed by atoms with Gasteiger partial charge in [0.05, 0.1) is 11.4 Å². The molecule has 0 aliphatic carbocycles. The van der Waals surface area contributed by atoms with E-state index in [-0.39, 0.29) is 29.9 Å². The third-order valence-corrected chi connectivity index (χ3v) is 6.62. The minimum atomic E-state index is -0.653. The van der Waals surface area contributed by atoms with E-state index in [2.05, 4.69) is 27.5 Å². The first-order valence-corrected chi connectivity index (χ1v) is 12.8. The quantitative estimate of drug-likeness (QED) is 0.517. The van der Waals surface area contributed by atoms with Gasteiger partial charge in [0.15, 0.2) is 5.17 Å². The molecule has 0 spiro atoms. The number of fused-ring (bicyclic) bond motifs is 3. The fourth-order valence-electron chi connectivity index (χ4n) is 3.90. The van der Waals surface area contributed by atoms with Crippen molar-refractivity contribution in [1.82, 2.24) is 10.2 Å². The maximum absolute atomic E-state index is 13.3. The van der Waals surface area contributed by atoms with E-state index in [4.69, 9.17) is 0 Å². The van der Waals surface area contributed by atoms with E-state index in [1.54, 1.807) is 0 Å². The molecule has 0 fully saturated rings. The number of nitrogens with zero attached hydrogens (tertiary/aromatic N) is 3. The van der Waals surface area contributed by atoms with Crippen molar-refractivity contribution in [2.24, 2.45) is 9.98 Å². The maximum atomic E-state index is 13.3. The molecule has 0 saturated carbocycles. The fraction of sp³-hybridized carbons (Fsp3) is 0.346. The Morgan fingerprint density at radius 1 is 1.11 bits per heavy atom. The molecule has 9 heteroatoms. The molecule has 182 valence electrons. The highest BCUT2D eigenvalue weighted by atomic mass is 32.2. The van der Waals surface area contributed by atoms with E-state index in [0.717, 1.165) is 29.7 Å². The summed E-state index contributed by atoms with van der Waals surface area (Å²) in [5, 5.41) is 6.18. The van der Waals surface area contributed by atoms with E-state index < -0.39 is 6.04 Å². The van der Waals surface area contributed by atoms with Crippen LogP contribution < -0.4 is 10.6 Å². The molecular formula is C26H29N5O3S. The van der Waals surface area contributed by atoms with Gasteiger partial charge < -0.3 is 10.6 Å². The van der Waals surface area contributed by atoms with Crippen LogP contribution in [0.4, 0.5) is 11.4 Å². The summed E-state index contributed by atoms with van der Waals surface area (Å²) < 4.78 is 0. The fourth-order valence-corrected chi connectivity index (χ4v) is 4.70. The first kappa shape index (κ1) is 24.7. The highest BCUT2D eigenvalue weighted by Gasteiger charge is 2.41. The summed E-state index contributed by atoms with van der Waals surface area (Å²) in [5.41, 5.74) is 3.25. The lowest BCUT2D eigenvalue weighted by Gasteiger charge is -2.25. The average molecular weight is 492 g/mol. The minimum Gasteiger partial charge on any atom is -0.356 e. The van der Waals surface area contributed by atoms with Gasteiger partial charge in [-0.2, -0.15) is 0 Å². The lowest BCUT2D eigenvalue weighted by atomic mass is 10.1. The molecule has 0 saturated heterocycles. The Bertz CT molecular complexity index is 1190. The lowest BCUT2D eigenvalue weighted by Crippen LogP contribution is -2.41. The molecule has 2 aliphatic rings. The van der Waals surface area contributed by atoms with E-state index in [1.807, 2.05) is 55.5 Å². The SMILES string of the molecule is CCCCNC(=O)CC[C@@H]1N=C2c3ccccc3N=C(SCC(=O)Nc3cccc(C)c3)N2C1=O. The number of nitrogens with one attached hydrogen (secondary N) is 2. The van der Waals surface area contributed by atoms with Crippen molar-refractivity contribution in [3.63, 3.8) is 0 Å². The second kappa shape index (κ2) is 11.3. The van der Waals surface area contributed by atoms with Crippen LogP contribution in [0.15, 0.2) is 58.5 Å². The van der Waals surface area contributed by atoms with Crippen LogP contribution in [0.25, 0.3) is 0 Å². The summed E-state index contributed by atoms with van der Waals surface area (Å²) in [5.74, 6) is 0.136. The van der Waals surface area contributed by atoms with Crippen LogP contribution in [0.5, 0.6) is 0 Å². The van der Waals surface area contributed by atoms with Gasteiger partial charge in [-0.3, -0.25) is 19.4 Å². The number of rotatable bonds is 9. The zero-order chi connectivity index (χ0) is 24.8. The number of para-hydroxylation sites is 1. The van der Waals surface area contributed by atoms with Crippen LogP contribution in [-0.2, 0) is 14.4 Å². The molecule has 2 aromatic carbocycles. The van der Waals surface area contributed by atoms with Crippen molar-refractivity contribution in [3.05, 3.63) is 59.7 Å². The Balaban J connectivity index is 1.45. The van der Waals surface area contributed by atoms with Crippen molar-refractivity contribution in [3.8, 4) is 0 Å². The summed E-state index contributed by atoms with van der Waals surface area (Å²) in [6.45, 7) is 4.67. The van der Waals surface area contributed by atoms with E-state index in [1.165, 1.54) is 16.7 Å². The molecule has 2 heterocycles. The number of amidine groups is 2. The highest BCUT2D eigenvalue weighted by Crippen LogP contribution is 2.34. The normalized spacial score (nSPS) is 16.2. The second-order valence-electron chi connectivity index (χ2n) is 8.50. The molecule has 1 atom stereocenters. The van der Waals surface area contributed by atoms with Crippen molar-refractivity contribution in [2.75, 3.05) is 17.6 Å². The molecule has 2 aliphatic heterocycles. The first-order valence-electron chi connectivity index (χ1n) is 11.8. The van der Waals surface area contributed by atoms with Gasteiger partial charge >= 0.3 is 0 Å². The Hall–Kier alpha value is -3.46. The summed E-state index contributed by atoms with van der Waals surface area (Å²) in [4.78, 5) is 48.8. The predicted octanol–water partition coefficient (Wildman–Crippen LogP) is 4.02. The van der Waals surface area contributed by atoms with Gasteiger partial charge in [-0.25, -0.2) is 9.89 Å². The average Bonchev–Trinajstić information content (AvgIpc) is 3.18. The zero-order valence-corrected chi connectivity index (χ0v) is 20.7. The number of thioether (sulfide) groups is 1. The Labute approximate surface area is 209 Å². The van der Waals surface area contributed by atoms with Crippen LogP contribution in [-0.4, -0.2) is 52.0 Å². The summed E-state index contributed by atoms with van der Waals surface area (Å²) in [7, 11) is 0. The molecule has 0 bridgehead atoms. The number of carbonyl (C=O) groups excluding carboxylic acids is 3. The molecule has 2 aromatic rings. The van der Waals surface area contributed by atoms with Gasteiger partial charge in [0.1, 0.15) is 11.9 Å². The lowest BCUT2D eigenvalue weighted by molar-refractivity contribution is -0.125. The number of hydrogen-bond donors (Lipinski definition) is 2. The third-order valence-electron chi connectivity index (χ3n) is 5.68. The molecule has 0 radical (unpaired) electrons. The van der Waals surface area contributed by atoms with Crippen LogP contribution in [0.1, 0.15) is 43.7 Å². The van der Waals surface area contributed by atoms with Crippen LogP contribution in [0, 0.1) is 6.92 Å². The molecule has 8 nitrogen and oxygen atoms in total. The highest BCUT2D eigenvalue weighted by molar-refractivity contribution is 8.14. The number of amides is 3. The van der Waals surface area contributed by atoms with Crippen molar-refractivity contribution >= 4 is 51.9 Å². The number of aryl methyl sites for hydroxylation is 1. The predicted molar refractivity (Wildman–Crippen MR) is 140 cm³/mol. The van der Waals surface area contributed by atoms with E-state index in [0.29, 0.717) is 29.7 Å². The minimum absolute atomic E-state index is 0.0761. The number of carbonyl (C=O) groups is 3. The standard InChI is InChI=1S/C26H29N5O3S/c1-3-4-14-27-22(32)13-12-21-25(34)31-24(29-21)19-10-5-6-11-20(19)30-26(31)35-16-23(33)28-18-9-7-8-17(2)15-18/h5-11,15,21H,3-4,12-14,16H2,1-2H3,(H,27,32)(H,28,33)/t21-/m0/s1. The molecule has 35 heavy (non-hydrogen) atoms. The number of aliphatic imine (C=N–C) groups is 2. The molecule has 3 amide bonds. The zero-order valence-electron chi connectivity index (χ0n) is 19.9. The molecule has 0 aromatic heterocycles. The topological polar surface area (TPSA) is 103 Å². The third kappa shape index (κ3) is 5.97. The summed E-state index contributed by atoms with van der Waals surface area (Å²) in [6, 6.07) is 14.4. The van der Waals surface area contributed by atoms with Gasteiger partial charge in [-0.05, 0) is 49.6 Å². The van der Waals surface area contributed by atoms with Gasteiger partial charge in [-0.15, -0.1) is 0 Å².